The van der Waals surface area contributed by atoms with Gasteiger partial charge in [0.1, 0.15) is 10.1 Å². The highest BCUT2D eigenvalue weighted by Gasteiger charge is 2.31. The Bertz CT molecular complexity index is 1200. The summed E-state index contributed by atoms with van der Waals surface area (Å²) in [5.41, 5.74) is 2.60. The molecular weight excluding hydrogens is 445 g/mol. The lowest BCUT2D eigenvalue weighted by molar-refractivity contribution is -0.123. The van der Waals surface area contributed by atoms with E-state index in [0.29, 0.717) is 40.7 Å². The van der Waals surface area contributed by atoms with Crippen molar-refractivity contribution in [1.29, 1.82) is 0 Å². The highest BCUT2D eigenvalue weighted by Crippen LogP contribution is 2.33. The van der Waals surface area contributed by atoms with Gasteiger partial charge < -0.3 is 10.3 Å². The minimum atomic E-state index is -0.387. The number of nitrogens with zero attached hydrogens (tertiary/aromatic N) is 1. The monoisotopic (exact) mass is 467 g/mol. The topological polar surface area (TPSA) is 65.2 Å². The molecule has 2 aromatic carbocycles. The number of benzene rings is 2. The summed E-state index contributed by atoms with van der Waals surface area (Å²) in [6.45, 7) is 0.905. The Morgan fingerprint density at radius 2 is 1.97 bits per heavy atom. The zero-order chi connectivity index (χ0) is 22.5. The van der Waals surface area contributed by atoms with Gasteiger partial charge in [0.05, 0.1) is 4.91 Å². The van der Waals surface area contributed by atoms with Crippen LogP contribution < -0.4 is 5.32 Å². The number of para-hydroxylation sites is 1. The third-order valence-corrected chi connectivity index (χ3v) is 6.62. The number of aromatic amines is 1. The summed E-state index contributed by atoms with van der Waals surface area (Å²) >= 11 is 6.46. The predicted octanol–water partition coefficient (Wildman–Crippen LogP) is 4.65. The number of hydrogen-bond acceptors (Lipinski definition) is 4. The Labute approximate surface area is 195 Å². The number of nitrogens with one attached hydrogen (secondary N) is 2. The van der Waals surface area contributed by atoms with E-state index >= 15 is 0 Å². The van der Waals surface area contributed by atoms with Crippen LogP contribution in [0.15, 0.2) is 59.6 Å². The van der Waals surface area contributed by atoms with Crippen molar-refractivity contribution >= 4 is 57.1 Å². The third-order valence-electron chi connectivity index (χ3n) is 5.24. The molecule has 1 aromatic heterocycles. The van der Waals surface area contributed by atoms with Crippen LogP contribution in [-0.4, -0.2) is 39.1 Å². The molecule has 3 aromatic rings. The van der Waals surface area contributed by atoms with Gasteiger partial charge in [-0.2, -0.15) is 0 Å². The summed E-state index contributed by atoms with van der Waals surface area (Å²) in [6.07, 6.45) is 5.04. The van der Waals surface area contributed by atoms with Crippen molar-refractivity contribution in [2.45, 2.75) is 19.3 Å². The van der Waals surface area contributed by atoms with Crippen molar-refractivity contribution < 1.29 is 14.0 Å². The highest BCUT2D eigenvalue weighted by atomic mass is 32.2. The van der Waals surface area contributed by atoms with Crippen molar-refractivity contribution in [2.75, 3.05) is 13.1 Å². The zero-order valence-corrected chi connectivity index (χ0v) is 18.9. The third kappa shape index (κ3) is 5.08. The normalized spacial score (nSPS) is 15.2. The van der Waals surface area contributed by atoms with E-state index in [-0.39, 0.29) is 17.6 Å². The molecule has 0 atom stereocenters. The fourth-order valence-corrected chi connectivity index (χ4v) is 4.89. The molecule has 4 rings (SSSR count). The lowest BCUT2D eigenvalue weighted by Crippen LogP contribution is -2.31. The first kappa shape index (κ1) is 22.2. The van der Waals surface area contributed by atoms with E-state index in [2.05, 4.69) is 16.4 Å². The van der Waals surface area contributed by atoms with Crippen molar-refractivity contribution in [2.24, 2.45) is 0 Å². The highest BCUT2D eigenvalue weighted by molar-refractivity contribution is 8.26. The van der Waals surface area contributed by atoms with E-state index in [1.807, 2.05) is 24.4 Å². The second-order valence-electron chi connectivity index (χ2n) is 7.42. The molecule has 32 heavy (non-hydrogen) atoms. The number of rotatable bonds is 8. The van der Waals surface area contributed by atoms with Crippen LogP contribution in [0.1, 0.15) is 24.0 Å². The second kappa shape index (κ2) is 10.1. The SMILES string of the molecule is O=C(CCCN1C(=O)/C(=C/c2ccccc2F)SC1=S)NCCc1c[nH]c2ccccc12. The molecule has 0 saturated carbocycles. The lowest BCUT2D eigenvalue weighted by atomic mass is 10.1. The summed E-state index contributed by atoms with van der Waals surface area (Å²) in [5, 5.41) is 4.10. The van der Waals surface area contributed by atoms with Crippen molar-refractivity contribution in [3.8, 4) is 0 Å². The summed E-state index contributed by atoms with van der Waals surface area (Å²) in [7, 11) is 0. The van der Waals surface area contributed by atoms with Crippen LogP contribution in [0.25, 0.3) is 17.0 Å². The van der Waals surface area contributed by atoms with Crippen molar-refractivity contribution in [3.63, 3.8) is 0 Å². The average Bonchev–Trinajstić information content (AvgIpc) is 3.31. The van der Waals surface area contributed by atoms with Crippen LogP contribution in [0.5, 0.6) is 0 Å². The standard InChI is InChI=1S/C24H22FN3O2S2/c25-19-8-3-1-6-16(19)14-21-23(30)28(24(31)32-21)13-5-10-22(29)26-12-11-17-15-27-20-9-4-2-7-18(17)20/h1-4,6-9,14-15,27H,5,10-13H2,(H,26,29)/b21-14-. The fraction of sp³-hybridized carbons (Fsp3) is 0.208. The van der Waals surface area contributed by atoms with Gasteiger partial charge in [0.15, 0.2) is 0 Å². The smallest absolute Gasteiger partial charge is 0.266 e. The lowest BCUT2D eigenvalue weighted by Gasteiger charge is -2.14. The van der Waals surface area contributed by atoms with Crippen LogP contribution in [-0.2, 0) is 16.0 Å². The van der Waals surface area contributed by atoms with Crippen LogP contribution >= 0.6 is 24.0 Å². The average molecular weight is 468 g/mol. The molecule has 8 heteroatoms. The second-order valence-corrected chi connectivity index (χ2v) is 9.09. The van der Waals surface area contributed by atoms with Gasteiger partial charge in [-0.25, -0.2) is 4.39 Å². The van der Waals surface area contributed by atoms with Gasteiger partial charge in [-0.15, -0.1) is 0 Å². The molecule has 1 aliphatic rings. The largest absolute Gasteiger partial charge is 0.361 e. The van der Waals surface area contributed by atoms with Gasteiger partial charge in [0.2, 0.25) is 5.91 Å². The van der Waals surface area contributed by atoms with Gasteiger partial charge in [-0.1, -0.05) is 60.4 Å². The van der Waals surface area contributed by atoms with E-state index in [4.69, 9.17) is 12.2 Å². The number of fused-ring (bicyclic) bond motifs is 1. The Balaban J connectivity index is 1.23. The summed E-state index contributed by atoms with van der Waals surface area (Å²) < 4.78 is 14.3. The van der Waals surface area contributed by atoms with Gasteiger partial charge in [-0.05, 0) is 36.6 Å². The Morgan fingerprint density at radius 3 is 2.81 bits per heavy atom. The number of amides is 2. The maximum Gasteiger partial charge on any atom is 0.266 e. The molecule has 1 saturated heterocycles. The van der Waals surface area contributed by atoms with Gasteiger partial charge >= 0.3 is 0 Å². The molecule has 1 fully saturated rings. The number of carbonyl (C=O) groups excluding carboxylic acids is 2. The molecule has 2 amide bonds. The maximum absolute atomic E-state index is 13.9. The molecule has 164 valence electrons. The Kier molecular flexibility index (Phi) is 7.02. The van der Waals surface area contributed by atoms with Crippen LogP contribution in [0.4, 0.5) is 4.39 Å². The number of thioether (sulfide) groups is 1. The molecule has 5 nitrogen and oxygen atoms in total. The van der Waals surface area contributed by atoms with Gasteiger partial charge in [-0.3, -0.25) is 14.5 Å². The van der Waals surface area contributed by atoms with Crippen molar-refractivity contribution in [3.05, 3.63) is 76.6 Å². The van der Waals surface area contributed by atoms with Crippen LogP contribution in [0, 0.1) is 5.82 Å². The number of H-pyrrole nitrogens is 1. The quantitative estimate of drug-likeness (QED) is 0.374. The number of carbonyl (C=O) groups is 2. The molecule has 0 unspecified atom stereocenters. The van der Waals surface area contributed by atoms with E-state index in [9.17, 15) is 14.0 Å². The summed E-state index contributed by atoms with van der Waals surface area (Å²) in [5.74, 6) is -0.692. The predicted molar refractivity (Wildman–Crippen MR) is 131 cm³/mol. The first-order chi connectivity index (χ1) is 15.5. The van der Waals surface area contributed by atoms with Crippen LogP contribution in [0.2, 0.25) is 0 Å². The van der Waals surface area contributed by atoms with E-state index in [1.54, 1.807) is 18.2 Å². The zero-order valence-electron chi connectivity index (χ0n) is 17.3. The molecular formula is C24H22FN3O2S2. The summed E-state index contributed by atoms with van der Waals surface area (Å²) in [6, 6.07) is 14.3. The number of thiocarbonyl (C=S) groups is 1. The Morgan fingerprint density at radius 1 is 1.19 bits per heavy atom. The first-order valence-electron chi connectivity index (χ1n) is 10.3. The molecule has 0 bridgehead atoms. The number of aromatic nitrogens is 1. The summed E-state index contributed by atoms with van der Waals surface area (Å²) in [4.78, 5) is 29.9. The minimum absolute atomic E-state index is 0.0582. The van der Waals surface area contributed by atoms with E-state index in [0.717, 1.165) is 23.7 Å². The Hall–Kier alpha value is -2.97. The molecule has 0 radical (unpaired) electrons. The minimum Gasteiger partial charge on any atom is -0.361 e. The molecule has 2 heterocycles. The molecule has 0 spiro atoms. The van der Waals surface area contributed by atoms with Crippen LogP contribution in [0.3, 0.4) is 0 Å². The molecule has 0 aliphatic carbocycles. The number of hydrogen-bond donors (Lipinski definition) is 2. The molecule has 2 N–H and O–H groups in total. The van der Waals surface area contributed by atoms with Gasteiger partial charge in [0.25, 0.3) is 5.91 Å². The van der Waals surface area contributed by atoms with Crippen molar-refractivity contribution in [1.82, 2.24) is 15.2 Å². The maximum atomic E-state index is 13.9. The molecule has 1 aliphatic heterocycles. The van der Waals surface area contributed by atoms with E-state index < -0.39 is 0 Å². The fourth-order valence-electron chi connectivity index (χ4n) is 3.59. The number of halogens is 1. The first-order valence-corrected chi connectivity index (χ1v) is 11.6. The van der Waals surface area contributed by atoms with E-state index in [1.165, 1.54) is 28.0 Å². The van der Waals surface area contributed by atoms with Gasteiger partial charge in [0, 0.05) is 42.2 Å².